The summed E-state index contributed by atoms with van der Waals surface area (Å²) in [4.78, 5) is 14.3. The van der Waals surface area contributed by atoms with Crippen LogP contribution >= 0.6 is 0 Å². The van der Waals surface area contributed by atoms with E-state index in [9.17, 15) is 9.90 Å². The Kier molecular flexibility index (Phi) is 5.44. The Labute approximate surface area is 122 Å². The van der Waals surface area contributed by atoms with Gasteiger partial charge in [-0.25, -0.2) is 0 Å². The quantitative estimate of drug-likeness (QED) is 0.813. The summed E-state index contributed by atoms with van der Waals surface area (Å²) in [5.41, 5.74) is -0.679. The second-order valence-electron chi connectivity index (χ2n) is 6.78. The zero-order chi connectivity index (χ0) is 14.6. The molecule has 1 saturated carbocycles. The number of piperidine rings is 1. The van der Waals surface area contributed by atoms with Crippen molar-refractivity contribution in [2.45, 2.75) is 70.4 Å². The minimum Gasteiger partial charge on any atom is -0.480 e. The van der Waals surface area contributed by atoms with Crippen molar-refractivity contribution in [2.75, 3.05) is 19.6 Å². The first kappa shape index (κ1) is 15.8. The lowest BCUT2D eigenvalue weighted by atomic mass is 9.77. The molecule has 2 fully saturated rings. The van der Waals surface area contributed by atoms with Gasteiger partial charge in [0.25, 0.3) is 0 Å². The van der Waals surface area contributed by atoms with Gasteiger partial charge in [0.1, 0.15) is 5.54 Å². The van der Waals surface area contributed by atoms with Crippen LogP contribution < -0.4 is 5.32 Å². The molecule has 0 bridgehead atoms. The Bertz CT molecular complexity index is 326. The zero-order valence-corrected chi connectivity index (χ0v) is 13.0. The van der Waals surface area contributed by atoms with E-state index in [-0.39, 0.29) is 0 Å². The summed E-state index contributed by atoms with van der Waals surface area (Å²) < 4.78 is 0. The van der Waals surface area contributed by atoms with Gasteiger partial charge in [-0.3, -0.25) is 4.79 Å². The fourth-order valence-electron chi connectivity index (χ4n) is 3.75. The molecule has 1 heterocycles. The molecule has 2 atom stereocenters. The van der Waals surface area contributed by atoms with Crippen molar-refractivity contribution >= 4 is 5.97 Å². The SMILES string of the molecule is CCCNC1(C(=O)O)CCCC(N2CCC(C)CC2)C1. The Morgan fingerprint density at radius 2 is 2.05 bits per heavy atom. The molecule has 0 aromatic rings. The first-order valence-corrected chi connectivity index (χ1v) is 8.30. The van der Waals surface area contributed by atoms with Crippen molar-refractivity contribution in [1.82, 2.24) is 10.2 Å². The van der Waals surface area contributed by atoms with Crippen molar-refractivity contribution in [3.63, 3.8) is 0 Å². The number of aliphatic carboxylic acids is 1. The van der Waals surface area contributed by atoms with Gasteiger partial charge in [-0.05, 0) is 70.5 Å². The van der Waals surface area contributed by atoms with Crippen LogP contribution in [0.5, 0.6) is 0 Å². The Balaban J connectivity index is 2.00. The van der Waals surface area contributed by atoms with Gasteiger partial charge in [-0.1, -0.05) is 13.8 Å². The van der Waals surface area contributed by atoms with E-state index in [2.05, 4.69) is 24.1 Å². The maximum absolute atomic E-state index is 11.8. The molecule has 1 aliphatic carbocycles. The number of likely N-dealkylation sites (tertiary alicyclic amines) is 1. The number of nitrogens with one attached hydrogen (secondary N) is 1. The smallest absolute Gasteiger partial charge is 0.323 e. The standard InChI is InChI=1S/C16H30N2O2/c1-3-9-17-16(15(19)20)8-4-5-14(12-16)18-10-6-13(2)7-11-18/h13-14,17H,3-12H2,1-2H3,(H,19,20). The van der Waals surface area contributed by atoms with Gasteiger partial charge < -0.3 is 15.3 Å². The van der Waals surface area contributed by atoms with Crippen LogP contribution in [0, 0.1) is 5.92 Å². The summed E-state index contributed by atoms with van der Waals surface area (Å²) in [7, 11) is 0. The Hall–Kier alpha value is -0.610. The molecule has 2 N–H and O–H groups in total. The predicted molar refractivity (Wildman–Crippen MR) is 80.9 cm³/mol. The second-order valence-corrected chi connectivity index (χ2v) is 6.78. The van der Waals surface area contributed by atoms with Crippen LogP contribution in [0.4, 0.5) is 0 Å². The third-order valence-corrected chi connectivity index (χ3v) is 5.18. The van der Waals surface area contributed by atoms with E-state index in [1.165, 1.54) is 12.8 Å². The van der Waals surface area contributed by atoms with Crippen LogP contribution in [0.3, 0.4) is 0 Å². The fraction of sp³-hybridized carbons (Fsp3) is 0.938. The van der Waals surface area contributed by atoms with Crippen LogP contribution in [-0.2, 0) is 4.79 Å². The summed E-state index contributed by atoms with van der Waals surface area (Å²) in [6.07, 6.45) is 7.26. The molecule has 2 aliphatic rings. The lowest BCUT2D eigenvalue weighted by Crippen LogP contribution is -2.59. The summed E-state index contributed by atoms with van der Waals surface area (Å²) in [5.74, 6) is 0.179. The highest BCUT2D eigenvalue weighted by atomic mass is 16.4. The van der Waals surface area contributed by atoms with Crippen LogP contribution in [0.15, 0.2) is 0 Å². The number of carboxylic acids is 1. The summed E-state index contributed by atoms with van der Waals surface area (Å²) in [6.45, 7) is 7.51. The summed E-state index contributed by atoms with van der Waals surface area (Å²) in [6, 6.07) is 0.455. The van der Waals surface area contributed by atoms with Gasteiger partial charge in [0.2, 0.25) is 0 Å². The van der Waals surface area contributed by atoms with Gasteiger partial charge >= 0.3 is 5.97 Å². The lowest BCUT2D eigenvalue weighted by Gasteiger charge is -2.44. The van der Waals surface area contributed by atoms with Gasteiger partial charge in [0.05, 0.1) is 0 Å². The van der Waals surface area contributed by atoms with E-state index in [0.29, 0.717) is 6.04 Å². The lowest BCUT2D eigenvalue weighted by molar-refractivity contribution is -0.147. The fourth-order valence-corrected chi connectivity index (χ4v) is 3.75. The minimum absolute atomic E-state index is 0.455. The average Bonchev–Trinajstić information content (AvgIpc) is 2.46. The molecule has 0 spiro atoms. The Morgan fingerprint density at radius 1 is 1.35 bits per heavy atom. The summed E-state index contributed by atoms with van der Waals surface area (Å²) in [5, 5.41) is 13.0. The van der Waals surface area contributed by atoms with Gasteiger partial charge in [-0.2, -0.15) is 0 Å². The van der Waals surface area contributed by atoms with Crippen molar-refractivity contribution in [3.05, 3.63) is 0 Å². The highest BCUT2D eigenvalue weighted by molar-refractivity contribution is 5.79. The molecule has 4 nitrogen and oxygen atoms in total. The molecule has 0 radical (unpaired) electrons. The molecule has 0 amide bonds. The van der Waals surface area contributed by atoms with E-state index in [0.717, 1.165) is 57.7 Å². The molecule has 2 rings (SSSR count). The second kappa shape index (κ2) is 6.90. The van der Waals surface area contributed by atoms with E-state index in [4.69, 9.17) is 0 Å². The number of hydrogen-bond donors (Lipinski definition) is 2. The average molecular weight is 282 g/mol. The molecule has 0 aromatic carbocycles. The first-order chi connectivity index (χ1) is 9.57. The number of hydrogen-bond acceptors (Lipinski definition) is 3. The van der Waals surface area contributed by atoms with E-state index in [1.54, 1.807) is 0 Å². The minimum atomic E-state index is -0.679. The maximum atomic E-state index is 11.8. The highest BCUT2D eigenvalue weighted by Gasteiger charge is 2.44. The first-order valence-electron chi connectivity index (χ1n) is 8.30. The number of rotatable bonds is 5. The maximum Gasteiger partial charge on any atom is 0.323 e. The molecular formula is C16H30N2O2. The largest absolute Gasteiger partial charge is 0.480 e. The predicted octanol–water partition coefficient (Wildman–Crippen LogP) is 2.48. The number of nitrogens with zero attached hydrogens (tertiary/aromatic N) is 1. The van der Waals surface area contributed by atoms with E-state index < -0.39 is 11.5 Å². The number of carboxylic acid groups (broad SMARTS) is 1. The van der Waals surface area contributed by atoms with Crippen LogP contribution in [0.1, 0.15) is 58.8 Å². The Morgan fingerprint density at radius 3 is 2.65 bits per heavy atom. The van der Waals surface area contributed by atoms with Crippen molar-refractivity contribution in [1.29, 1.82) is 0 Å². The van der Waals surface area contributed by atoms with Crippen molar-refractivity contribution < 1.29 is 9.90 Å². The normalized spacial score (nSPS) is 33.2. The summed E-state index contributed by atoms with van der Waals surface area (Å²) >= 11 is 0. The van der Waals surface area contributed by atoms with E-state index >= 15 is 0 Å². The number of carbonyl (C=O) groups is 1. The molecule has 20 heavy (non-hydrogen) atoms. The highest BCUT2D eigenvalue weighted by Crippen LogP contribution is 2.33. The molecule has 1 saturated heterocycles. The van der Waals surface area contributed by atoms with Crippen LogP contribution in [-0.4, -0.2) is 47.2 Å². The van der Waals surface area contributed by atoms with Crippen LogP contribution in [0.2, 0.25) is 0 Å². The molecule has 116 valence electrons. The monoisotopic (exact) mass is 282 g/mol. The third-order valence-electron chi connectivity index (χ3n) is 5.18. The van der Waals surface area contributed by atoms with Crippen LogP contribution in [0.25, 0.3) is 0 Å². The van der Waals surface area contributed by atoms with Gasteiger partial charge in [0.15, 0.2) is 0 Å². The van der Waals surface area contributed by atoms with Gasteiger partial charge in [-0.15, -0.1) is 0 Å². The van der Waals surface area contributed by atoms with Gasteiger partial charge in [0, 0.05) is 6.04 Å². The van der Waals surface area contributed by atoms with E-state index in [1.807, 2.05) is 0 Å². The molecular weight excluding hydrogens is 252 g/mol. The molecule has 0 aromatic heterocycles. The topological polar surface area (TPSA) is 52.6 Å². The molecule has 1 aliphatic heterocycles. The zero-order valence-electron chi connectivity index (χ0n) is 13.0. The molecule has 2 unspecified atom stereocenters. The third kappa shape index (κ3) is 3.53. The van der Waals surface area contributed by atoms with Crippen molar-refractivity contribution in [2.24, 2.45) is 5.92 Å². The molecule has 4 heteroatoms. The van der Waals surface area contributed by atoms with Crippen molar-refractivity contribution in [3.8, 4) is 0 Å².